The lowest BCUT2D eigenvalue weighted by Crippen LogP contribution is -2.14. The van der Waals surface area contributed by atoms with Gasteiger partial charge in [0.2, 0.25) is 0 Å². The molecule has 0 bridgehead atoms. The van der Waals surface area contributed by atoms with Gasteiger partial charge in [-0.1, -0.05) is 54.6 Å². The van der Waals surface area contributed by atoms with Gasteiger partial charge in [-0.05, 0) is 36.8 Å². The predicted octanol–water partition coefficient (Wildman–Crippen LogP) is 5.61. The van der Waals surface area contributed by atoms with Gasteiger partial charge in [0.25, 0.3) is 0 Å². The number of nitrogens with zero attached hydrogens (tertiary/aromatic N) is 2. The number of hydrogen-bond acceptors (Lipinski definition) is 3. The van der Waals surface area contributed by atoms with Crippen molar-refractivity contribution < 1.29 is 0 Å². The minimum absolute atomic E-state index is 0.393. The lowest BCUT2D eigenvalue weighted by atomic mass is 10.0. The van der Waals surface area contributed by atoms with Crippen LogP contribution in [0.4, 0.5) is 0 Å². The molecule has 1 aromatic heterocycles. The van der Waals surface area contributed by atoms with Crippen LogP contribution >= 0.6 is 12.6 Å². The highest BCUT2D eigenvalue weighted by Gasteiger charge is 2.21. The molecule has 0 radical (unpaired) electrons. The maximum atomic E-state index is 4.86. The second kappa shape index (κ2) is 5.60. The van der Waals surface area contributed by atoms with Crippen LogP contribution in [0.25, 0.3) is 32.9 Å². The summed E-state index contributed by atoms with van der Waals surface area (Å²) in [6.45, 7) is 4.04. The van der Waals surface area contributed by atoms with Gasteiger partial charge in [0.15, 0.2) is 0 Å². The van der Waals surface area contributed by atoms with Crippen LogP contribution < -0.4 is 0 Å². The standard InChI is InChI=1S/C21H18N2S/c1-21(2,24)20-22-18-10-6-5-9-17(18)19(23-20)16-12-11-14-7-3-4-8-15(14)13-16/h3-13,24H,1-2H3. The van der Waals surface area contributed by atoms with E-state index in [1.54, 1.807) is 0 Å². The third-order valence-corrected chi connectivity index (χ3v) is 4.37. The maximum absolute atomic E-state index is 4.86. The van der Waals surface area contributed by atoms with Gasteiger partial charge in [-0.25, -0.2) is 9.97 Å². The zero-order valence-corrected chi connectivity index (χ0v) is 14.6. The van der Waals surface area contributed by atoms with Crippen molar-refractivity contribution in [3.8, 4) is 11.3 Å². The lowest BCUT2D eigenvalue weighted by molar-refractivity contribution is 0.722. The first kappa shape index (κ1) is 15.2. The average Bonchev–Trinajstić information content (AvgIpc) is 2.59. The smallest absolute Gasteiger partial charge is 0.144 e. The highest BCUT2D eigenvalue weighted by molar-refractivity contribution is 7.81. The third-order valence-electron chi connectivity index (χ3n) is 4.17. The fraction of sp³-hybridized carbons (Fsp3) is 0.143. The van der Waals surface area contributed by atoms with Crippen LogP contribution in [0.5, 0.6) is 0 Å². The van der Waals surface area contributed by atoms with Gasteiger partial charge in [0.05, 0.1) is 16.0 Å². The van der Waals surface area contributed by atoms with Gasteiger partial charge in [0, 0.05) is 10.9 Å². The van der Waals surface area contributed by atoms with Crippen LogP contribution in [0.15, 0.2) is 66.7 Å². The number of rotatable bonds is 2. The van der Waals surface area contributed by atoms with Crippen molar-refractivity contribution >= 4 is 34.3 Å². The molecule has 0 aliphatic rings. The maximum Gasteiger partial charge on any atom is 0.144 e. The van der Waals surface area contributed by atoms with Crippen molar-refractivity contribution in [2.24, 2.45) is 0 Å². The molecule has 2 nitrogen and oxygen atoms in total. The van der Waals surface area contributed by atoms with Crippen molar-refractivity contribution in [1.82, 2.24) is 9.97 Å². The van der Waals surface area contributed by atoms with E-state index in [-0.39, 0.29) is 0 Å². The monoisotopic (exact) mass is 330 g/mol. The first-order valence-corrected chi connectivity index (χ1v) is 8.46. The van der Waals surface area contributed by atoms with Crippen molar-refractivity contribution in [3.05, 3.63) is 72.6 Å². The van der Waals surface area contributed by atoms with Gasteiger partial charge in [-0.3, -0.25) is 0 Å². The third kappa shape index (κ3) is 2.65. The van der Waals surface area contributed by atoms with Gasteiger partial charge in [0.1, 0.15) is 5.82 Å². The highest BCUT2D eigenvalue weighted by atomic mass is 32.1. The minimum Gasteiger partial charge on any atom is -0.231 e. The Hall–Kier alpha value is -2.39. The van der Waals surface area contributed by atoms with Gasteiger partial charge in [-0.2, -0.15) is 12.6 Å². The second-order valence-electron chi connectivity index (χ2n) is 6.53. The molecular weight excluding hydrogens is 312 g/mol. The molecule has 0 amide bonds. The average molecular weight is 330 g/mol. The highest BCUT2D eigenvalue weighted by Crippen LogP contribution is 2.32. The summed E-state index contributed by atoms with van der Waals surface area (Å²) in [7, 11) is 0. The Balaban J connectivity index is 2.03. The summed E-state index contributed by atoms with van der Waals surface area (Å²) in [6.07, 6.45) is 0. The number of hydrogen-bond donors (Lipinski definition) is 1. The largest absolute Gasteiger partial charge is 0.231 e. The van der Waals surface area contributed by atoms with Crippen molar-refractivity contribution in [2.45, 2.75) is 18.6 Å². The molecule has 0 aliphatic carbocycles. The number of thiol groups is 1. The van der Waals surface area contributed by atoms with Crippen LogP contribution in [0, 0.1) is 0 Å². The van der Waals surface area contributed by atoms with Crippen LogP contribution in [0.2, 0.25) is 0 Å². The van der Waals surface area contributed by atoms with Crippen LogP contribution in [0.3, 0.4) is 0 Å². The predicted molar refractivity (Wildman–Crippen MR) is 104 cm³/mol. The molecule has 3 aromatic carbocycles. The first-order valence-electron chi connectivity index (χ1n) is 8.01. The summed E-state index contributed by atoms with van der Waals surface area (Å²) in [5.41, 5.74) is 3.02. The summed E-state index contributed by atoms with van der Waals surface area (Å²) in [5.74, 6) is 0.743. The van der Waals surface area contributed by atoms with E-state index in [2.05, 4.69) is 61.2 Å². The molecule has 0 saturated carbocycles. The van der Waals surface area contributed by atoms with E-state index in [9.17, 15) is 0 Å². The Bertz CT molecular complexity index is 1050. The molecule has 0 saturated heterocycles. The fourth-order valence-corrected chi connectivity index (χ4v) is 3.01. The quantitative estimate of drug-likeness (QED) is 0.483. The van der Waals surface area contributed by atoms with E-state index in [1.165, 1.54) is 10.8 Å². The van der Waals surface area contributed by atoms with Crippen molar-refractivity contribution in [2.75, 3.05) is 0 Å². The van der Waals surface area contributed by atoms with E-state index in [0.717, 1.165) is 28.0 Å². The molecule has 4 rings (SSSR count). The molecular formula is C21H18N2S. The summed E-state index contributed by atoms with van der Waals surface area (Å²) in [5, 5.41) is 3.51. The summed E-state index contributed by atoms with van der Waals surface area (Å²) < 4.78 is -0.393. The number of aromatic nitrogens is 2. The number of para-hydroxylation sites is 1. The molecule has 4 aromatic rings. The molecule has 0 fully saturated rings. The second-order valence-corrected chi connectivity index (χ2v) is 7.65. The molecule has 0 N–H and O–H groups in total. The first-order chi connectivity index (χ1) is 11.5. The van der Waals surface area contributed by atoms with Gasteiger partial charge >= 0.3 is 0 Å². The molecule has 118 valence electrons. The van der Waals surface area contributed by atoms with E-state index < -0.39 is 4.75 Å². The minimum atomic E-state index is -0.393. The van der Waals surface area contributed by atoms with Gasteiger partial charge < -0.3 is 0 Å². The van der Waals surface area contributed by atoms with E-state index in [1.807, 2.05) is 32.0 Å². The Morgan fingerprint density at radius 3 is 2.29 bits per heavy atom. The Morgan fingerprint density at radius 2 is 1.50 bits per heavy atom. The Kier molecular flexibility index (Phi) is 3.54. The molecule has 0 atom stereocenters. The zero-order chi connectivity index (χ0) is 16.7. The topological polar surface area (TPSA) is 25.8 Å². The molecule has 1 heterocycles. The summed E-state index contributed by atoms with van der Waals surface area (Å²) in [4.78, 5) is 9.57. The zero-order valence-electron chi connectivity index (χ0n) is 13.7. The summed E-state index contributed by atoms with van der Waals surface area (Å²) in [6, 6.07) is 23.0. The Morgan fingerprint density at radius 1 is 0.792 bits per heavy atom. The van der Waals surface area contributed by atoms with E-state index >= 15 is 0 Å². The fourth-order valence-electron chi connectivity index (χ4n) is 2.91. The lowest BCUT2D eigenvalue weighted by Gasteiger charge is -2.18. The van der Waals surface area contributed by atoms with E-state index in [0.29, 0.717) is 0 Å². The Labute approximate surface area is 147 Å². The van der Waals surface area contributed by atoms with Gasteiger partial charge in [-0.15, -0.1) is 0 Å². The SMILES string of the molecule is CC(C)(S)c1nc(-c2ccc3ccccc3c2)c2ccccc2n1. The molecule has 3 heteroatoms. The van der Waals surface area contributed by atoms with Crippen LogP contribution in [0.1, 0.15) is 19.7 Å². The molecule has 0 aliphatic heterocycles. The van der Waals surface area contributed by atoms with Crippen LogP contribution in [-0.4, -0.2) is 9.97 Å². The van der Waals surface area contributed by atoms with Crippen molar-refractivity contribution in [1.29, 1.82) is 0 Å². The molecule has 0 unspecified atom stereocenters. The van der Waals surface area contributed by atoms with Crippen LogP contribution in [-0.2, 0) is 4.75 Å². The van der Waals surface area contributed by atoms with E-state index in [4.69, 9.17) is 9.97 Å². The molecule has 0 spiro atoms. The van der Waals surface area contributed by atoms with Crippen molar-refractivity contribution in [3.63, 3.8) is 0 Å². The number of benzene rings is 3. The normalized spacial score (nSPS) is 12.0. The summed E-state index contributed by atoms with van der Waals surface area (Å²) >= 11 is 4.66. The number of fused-ring (bicyclic) bond motifs is 2. The molecule has 24 heavy (non-hydrogen) atoms.